The van der Waals surface area contributed by atoms with Gasteiger partial charge in [0.1, 0.15) is 5.52 Å². The van der Waals surface area contributed by atoms with Crippen molar-refractivity contribution in [3.05, 3.63) is 60.0 Å². The minimum Gasteiger partial charge on any atom is -0.467 e. The topological polar surface area (TPSA) is 86.5 Å². The number of rotatable bonds is 4. The van der Waals surface area contributed by atoms with Crippen molar-refractivity contribution in [1.82, 2.24) is 19.4 Å². The molecule has 8 heteroatoms. The highest BCUT2D eigenvalue weighted by Crippen LogP contribution is 2.17. The van der Waals surface area contributed by atoms with Crippen LogP contribution in [-0.2, 0) is 20.8 Å². The highest BCUT2D eigenvalue weighted by atomic mass is 16.6. The van der Waals surface area contributed by atoms with Gasteiger partial charge in [-0.25, -0.2) is 14.8 Å². The highest BCUT2D eigenvalue weighted by molar-refractivity contribution is 5.96. The Morgan fingerprint density at radius 1 is 1.25 bits per heavy atom. The Balaban J connectivity index is 1.53. The van der Waals surface area contributed by atoms with Crippen molar-refractivity contribution in [2.75, 3.05) is 26.8 Å². The van der Waals surface area contributed by atoms with Gasteiger partial charge in [0.05, 0.1) is 38.7 Å². The maximum atomic E-state index is 12.8. The van der Waals surface area contributed by atoms with Crippen LogP contribution >= 0.6 is 0 Å². The second kappa shape index (κ2) is 7.77. The maximum Gasteiger partial charge on any atom is 0.336 e. The summed E-state index contributed by atoms with van der Waals surface area (Å²) in [6, 6.07) is 11.8. The van der Waals surface area contributed by atoms with Gasteiger partial charge in [-0.1, -0.05) is 30.3 Å². The Morgan fingerprint density at radius 3 is 2.86 bits per heavy atom. The third-order valence-corrected chi connectivity index (χ3v) is 4.72. The highest BCUT2D eigenvalue weighted by Gasteiger charge is 2.30. The quantitative estimate of drug-likeness (QED) is 0.638. The van der Waals surface area contributed by atoms with Crippen molar-refractivity contribution in [2.24, 2.45) is 0 Å². The summed E-state index contributed by atoms with van der Waals surface area (Å²) in [6.45, 7) is 1.51. The normalized spacial score (nSPS) is 16.9. The molecule has 8 nitrogen and oxygen atoms in total. The van der Waals surface area contributed by atoms with Crippen LogP contribution in [0.1, 0.15) is 15.9 Å². The number of nitrogens with zero attached hydrogens (tertiary/aromatic N) is 4. The van der Waals surface area contributed by atoms with Gasteiger partial charge in [0, 0.05) is 12.7 Å². The molecule has 0 saturated carbocycles. The van der Waals surface area contributed by atoms with E-state index in [4.69, 9.17) is 9.47 Å². The first-order chi connectivity index (χ1) is 13.7. The van der Waals surface area contributed by atoms with E-state index in [-0.39, 0.29) is 19.1 Å². The summed E-state index contributed by atoms with van der Waals surface area (Å²) in [4.78, 5) is 35.0. The molecule has 3 heterocycles. The van der Waals surface area contributed by atoms with Gasteiger partial charge in [0.2, 0.25) is 0 Å². The summed E-state index contributed by atoms with van der Waals surface area (Å²) in [5, 5.41) is 0. The largest absolute Gasteiger partial charge is 0.467 e. The van der Waals surface area contributed by atoms with Crippen LogP contribution in [0.25, 0.3) is 11.2 Å². The zero-order valence-corrected chi connectivity index (χ0v) is 15.4. The zero-order chi connectivity index (χ0) is 19.5. The molecule has 1 fully saturated rings. The van der Waals surface area contributed by atoms with Crippen molar-refractivity contribution in [3.8, 4) is 0 Å². The van der Waals surface area contributed by atoms with Crippen molar-refractivity contribution >= 4 is 23.0 Å². The summed E-state index contributed by atoms with van der Waals surface area (Å²) >= 11 is 0. The number of hydrogen-bond acceptors (Lipinski definition) is 6. The van der Waals surface area contributed by atoms with Crippen LogP contribution in [0.3, 0.4) is 0 Å². The van der Waals surface area contributed by atoms with Crippen LogP contribution in [0.4, 0.5) is 0 Å². The Hall–Kier alpha value is -3.26. The van der Waals surface area contributed by atoms with E-state index in [1.165, 1.54) is 7.11 Å². The number of carbonyl (C=O) groups is 2. The summed E-state index contributed by atoms with van der Waals surface area (Å²) in [6.07, 6.45) is 2.52. The molecule has 1 saturated heterocycles. The number of morpholine rings is 1. The molecule has 0 aliphatic carbocycles. The summed E-state index contributed by atoms with van der Waals surface area (Å²) in [5.74, 6) is -0.685. The fourth-order valence-electron chi connectivity index (χ4n) is 3.25. The second-order valence-electron chi connectivity index (χ2n) is 6.56. The SMILES string of the molecule is COC(=O)C1CN(C(=O)c2cnc3c(c2)ncn3Cc2ccccc2)CCO1. The van der Waals surface area contributed by atoms with Crippen LogP contribution in [0.2, 0.25) is 0 Å². The van der Waals surface area contributed by atoms with E-state index in [9.17, 15) is 9.59 Å². The maximum absolute atomic E-state index is 12.8. The molecule has 0 N–H and O–H groups in total. The number of esters is 1. The molecule has 1 aliphatic heterocycles. The smallest absolute Gasteiger partial charge is 0.336 e. The third-order valence-electron chi connectivity index (χ3n) is 4.72. The van der Waals surface area contributed by atoms with Crippen LogP contribution in [0.15, 0.2) is 48.9 Å². The predicted octanol–water partition coefficient (Wildman–Crippen LogP) is 1.49. The lowest BCUT2D eigenvalue weighted by molar-refractivity contribution is -0.158. The lowest BCUT2D eigenvalue weighted by Gasteiger charge is -2.31. The van der Waals surface area contributed by atoms with Gasteiger partial charge < -0.3 is 18.9 Å². The molecule has 2 aromatic heterocycles. The van der Waals surface area contributed by atoms with E-state index in [0.29, 0.717) is 24.2 Å². The standard InChI is InChI=1S/C20H20N4O4/c1-27-20(26)17-12-23(7-8-28-17)19(25)15-9-16-18(21-10-15)24(13-22-16)11-14-5-3-2-4-6-14/h2-6,9-10,13,17H,7-8,11-12H2,1H3. The molecule has 1 unspecified atom stereocenters. The molecule has 3 aromatic rings. The fraction of sp³-hybridized carbons (Fsp3) is 0.300. The number of imidazole rings is 1. The van der Waals surface area contributed by atoms with Crippen molar-refractivity contribution < 1.29 is 19.1 Å². The Morgan fingerprint density at radius 2 is 2.07 bits per heavy atom. The van der Waals surface area contributed by atoms with Crippen LogP contribution in [0.5, 0.6) is 0 Å². The van der Waals surface area contributed by atoms with E-state index in [1.807, 2.05) is 34.9 Å². The fourth-order valence-corrected chi connectivity index (χ4v) is 3.25. The van der Waals surface area contributed by atoms with Gasteiger partial charge in [0.15, 0.2) is 11.8 Å². The summed E-state index contributed by atoms with van der Waals surface area (Å²) in [5.41, 5.74) is 2.95. The number of hydrogen-bond donors (Lipinski definition) is 0. The number of benzene rings is 1. The van der Waals surface area contributed by atoms with Crippen LogP contribution in [0, 0.1) is 0 Å². The van der Waals surface area contributed by atoms with Crippen molar-refractivity contribution in [2.45, 2.75) is 12.6 Å². The van der Waals surface area contributed by atoms with Crippen LogP contribution < -0.4 is 0 Å². The Labute approximate surface area is 161 Å². The van der Waals surface area contributed by atoms with Gasteiger partial charge in [-0.15, -0.1) is 0 Å². The van der Waals surface area contributed by atoms with Gasteiger partial charge in [-0.2, -0.15) is 0 Å². The molecule has 0 bridgehead atoms. The average molecular weight is 380 g/mol. The molecule has 0 radical (unpaired) electrons. The van der Waals surface area contributed by atoms with Crippen LogP contribution in [-0.4, -0.2) is 64.2 Å². The Kier molecular flexibility index (Phi) is 5.03. The lowest BCUT2D eigenvalue weighted by Crippen LogP contribution is -2.48. The number of aromatic nitrogens is 3. The number of ether oxygens (including phenoxy) is 2. The molecule has 28 heavy (non-hydrogen) atoms. The summed E-state index contributed by atoms with van der Waals surface area (Å²) < 4.78 is 12.0. The van der Waals surface area contributed by atoms with Crippen molar-refractivity contribution in [1.29, 1.82) is 0 Å². The first kappa shape index (κ1) is 18.1. The van der Waals surface area contributed by atoms with Gasteiger partial charge in [0.25, 0.3) is 5.91 Å². The lowest BCUT2D eigenvalue weighted by atomic mass is 10.2. The molecule has 0 spiro atoms. The van der Waals surface area contributed by atoms with Crippen molar-refractivity contribution in [3.63, 3.8) is 0 Å². The first-order valence-electron chi connectivity index (χ1n) is 8.99. The third kappa shape index (κ3) is 3.59. The molecule has 1 aliphatic rings. The minimum atomic E-state index is -0.760. The predicted molar refractivity (Wildman–Crippen MR) is 101 cm³/mol. The van der Waals surface area contributed by atoms with E-state index in [2.05, 4.69) is 9.97 Å². The molecule has 4 rings (SSSR count). The molecule has 1 atom stereocenters. The van der Waals surface area contributed by atoms with E-state index < -0.39 is 12.1 Å². The zero-order valence-electron chi connectivity index (χ0n) is 15.4. The molecular formula is C20H20N4O4. The molecular weight excluding hydrogens is 360 g/mol. The van der Waals surface area contributed by atoms with Gasteiger partial charge in [-0.3, -0.25) is 4.79 Å². The van der Waals surface area contributed by atoms with E-state index in [1.54, 1.807) is 23.5 Å². The monoisotopic (exact) mass is 380 g/mol. The first-order valence-corrected chi connectivity index (χ1v) is 8.99. The van der Waals surface area contributed by atoms with E-state index >= 15 is 0 Å². The Bertz CT molecular complexity index is 1000. The average Bonchev–Trinajstić information content (AvgIpc) is 3.15. The molecule has 1 amide bonds. The molecule has 1 aromatic carbocycles. The van der Waals surface area contributed by atoms with Gasteiger partial charge in [-0.05, 0) is 11.6 Å². The number of pyridine rings is 1. The number of methoxy groups -OCH3 is 1. The number of carbonyl (C=O) groups excluding carboxylic acids is 2. The number of fused-ring (bicyclic) bond motifs is 1. The molecule has 144 valence electrons. The summed E-state index contributed by atoms with van der Waals surface area (Å²) in [7, 11) is 1.30. The van der Waals surface area contributed by atoms with E-state index in [0.717, 1.165) is 11.2 Å². The van der Waals surface area contributed by atoms with Gasteiger partial charge >= 0.3 is 5.97 Å². The second-order valence-corrected chi connectivity index (χ2v) is 6.56. The minimum absolute atomic E-state index is 0.159. The number of amides is 1.